The molecule has 0 radical (unpaired) electrons. The molecule has 2 aromatic rings. The van der Waals surface area contributed by atoms with E-state index in [-0.39, 0.29) is 17.9 Å². The fraction of sp³-hybridized carbons (Fsp3) is 0.444. The highest BCUT2D eigenvalue weighted by atomic mass is 16.2. The number of hydrogen-bond acceptors (Lipinski definition) is 2. The molecule has 3 rings (SSSR count). The minimum Gasteiger partial charge on any atom is -0.361 e. The van der Waals surface area contributed by atoms with Crippen LogP contribution in [0, 0.1) is 5.92 Å². The molecular formula is C18H23N3O2. The molecule has 0 spiro atoms. The Labute approximate surface area is 136 Å². The number of likely N-dealkylation sites (N-methyl/N-ethyl adjacent to an activating group) is 1. The standard InChI is InChI=1S/C18H23N3O2/c1-11(2)8-16-17(22)20-15(18(23)21(16)3)9-12-10-19-14-7-5-4-6-13(12)14/h4-7,10-11,15-16,19H,8-9H2,1-3H3,(H,20,22). The van der Waals surface area contributed by atoms with Crippen LogP contribution < -0.4 is 5.32 Å². The van der Waals surface area contributed by atoms with Crippen molar-refractivity contribution in [1.29, 1.82) is 0 Å². The molecule has 1 aromatic heterocycles. The lowest BCUT2D eigenvalue weighted by Crippen LogP contribution is -2.62. The van der Waals surface area contributed by atoms with Crippen LogP contribution in [0.1, 0.15) is 25.8 Å². The van der Waals surface area contributed by atoms with Gasteiger partial charge in [-0.2, -0.15) is 0 Å². The number of H-pyrrole nitrogens is 1. The van der Waals surface area contributed by atoms with Crippen LogP contribution in [0.15, 0.2) is 30.5 Å². The summed E-state index contributed by atoms with van der Waals surface area (Å²) in [6.45, 7) is 4.12. The number of aromatic amines is 1. The van der Waals surface area contributed by atoms with Crippen molar-refractivity contribution < 1.29 is 9.59 Å². The molecule has 1 aliphatic heterocycles. The third-order valence-corrected chi connectivity index (χ3v) is 4.53. The van der Waals surface area contributed by atoms with Gasteiger partial charge in [0, 0.05) is 30.6 Å². The first-order chi connectivity index (χ1) is 11.0. The van der Waals surface area contributed by atoms with Crippen LogP contribution in [-0.4, -0.2) is 40.8 Å². The molecule has 23 heavy (non-hydrogen) atoms. The first-order valence-corrected chi connectivity index (χ1v) is 8.09. The molecule has 2 N–H and O–H groups in total. The first-order valence-electron chi connectivity index (χ1n) is 8.09. The third-order valence-electron chi connectivity index (χ3n) is 4.53. The van der Waals surface area contributed by atoms with Gasteiger partial charge in [-0.1, -0.05) is 32.0 Å². The topological polar surface area (TPSA) is 65.2 Å². The number of rotatable bonds is 4. The number of carbonyl (C=O) groups excluding carboxylic acids is 2. The molecule has 5 nitrogen and oxygen atoms in total. The molecular weight excluding hydrogens is 290 g/mol. The Kier molecular flexibility index (Phi) is 4.11. The van der Waals surface area contributed by atoms with E-state index in [0.717, 1.165) is 16.5 Å². The van der Waals surface area contributed by atoms with E-state index >= 15 is 0 Å². The summed E-state index contributed by atoms with van der Waals surface area (Å²) in [5.74, 6) is 0.303. The van der Waals surface area contributed by atoms with Gasteiger partial charge in [-0.25, -0.2) is 0 Å². The average molecular weight is 313 g/mol. The van der Waals surface area contributed by atoms with Crippen LogP contribution >= 0.6 is 0 Å². The van der Waals surface area contributed by atoms with Gasteiger partial charge < -0.3 is 15.2 Å². The summed E-state index contributed by atoms with van der Waals surface area (Å²) in [7, 11) is 1.73. The number of nitrogens with zero attached hydrogens (tertiary/aromatic N) is 1. The van der Waals surface area contributed by atoms with Gasteiger partial charge in [0.05, 0.1) is 0 Å². The molecule has 2 unspecified atom stereocenters. The smallest absolute Gasteiger partial charge is 0.245 e. The summed E-state index contributed by atoms with van der Waals surface area (Å²) < 4.78 is 0. The summed E-state index contributed by atoms with van der Waals surface area (Å²) in [6.07, 6.45) is 3.12. The Bertz CT molecular complexity index is 735. The van der Waals surface area contributed by atoms with E-state index < -0.39 is 6.04 Å². The molecule has 122 valence electrons. The van der Waals surface area contributed by atoms with Crippen LogP contribution in [0.2, 0.25) is 0 Å². The molecule has 1 fully saturated rings. The van der Waals surface area contributed by atoms with Gasteiger partial charge in [-0.15, -0.1) is 0 Å². The van der Waals surface area contributed by atoms with E-state index in [4.69, 9.17) is 0 Å². The number of nitrogens with one attached hydrogen (secondary N) is 2. The maximum absolute atomic E-state index is 12.6. The van der Waals surface area contributed by atoms with E-state index in [2.05, 4.69) is 24.1 Å². The molecule has 1 aliphatic rings. The van der Waals surface area contributed by atoms with Crippen LogP contribution in [0.3, 0.4) is 0 Å². The fourth-order valence-electron chi connectivity index (χ4n) is 3.28. The van der Waals surface area contributed by atoms with Crippen molar-refractivity contribution in [3.05, 3.63) is 36.0 Å². The van der Waals surface area contributed by atoms with Crippen molar-refractivity contribution >= 4 is 22.7 Å². The molecule has 0 bridgehead atoms. The number of amides is 2. The number of benzene rings is 1. The lowest BCUT2D eigenvalue weighted by molar-refractivity contribution is -0.148. The quantitative estimate of drug-likeness (QED) is 0.907. The van der Waals surface area contributed by atoms with Gasteiger partial charge in [0.15, 0.2) is 0 Å². The Balaban J connectivity index is 1.79. The number of fused-ring (bicyclic) bond motifs is 1. The van der Waals surface area contributed by atoms with Crippen molar-refractivity contribution in [1.82, 2.24) is 15.2 Å². The molecule has 5 heteroatoms. The van der Waals surface area contributed by atoms with Crippen LogP contribution in [0.5, 0.6) is 0 Å². The lowest BCUT2D eigenvalue weighted by atomic mass is 9.96. The van der Waals surface area contributed by atoms with Gasteiger partial charge in [-0.3, -0.25) is 9.59 Å². The van der Waals surface area contributed by atoms with Crippen molar-refractivity contribution in [2.24, 2.45) is 5.92 Å². The van der Waals surface area contributed by atoms with E-state index in [1.165, 1.54) is 0 Å². The summed E-state index contributed by atoms with van der Waals surface area (Å²) in [5.41, 5.74) is 2.10. The normalized spacial score (nSPS) is 22.0. The molecule has 2 atom stereocenters. The van der Waals surface area contributed by atoms with Crippen LogP contribution in [0.4, 0.5) is 0 Å². The monoisotopic (exact) mass is 313 g/mol. The summed E-state index contributed by atoms with van der Waals surface area (Å²) >= 11 is 0. The minimum absolute atomic E-state index is 0.0134. The SMILES string of the molecule is CC(C)CC1C(=O)NC(Cc2c[nH]c3ccccc23)C(=O)N1C. The summed E-state index contributed by atoms with van der Waals surface area (Å²) in [5, 5.41) is 4.01. The fourth-order valence-corrected chi connectivity index (χ4v) is 3.28. The van der Waals surface area contributed by atoms with Crippen molar-refractivity contribution in [2.45, 2.75) is 38.8 Å². The van der Waals surface area contributed by atoms with Gasteiger partial charge in [0.2, 0.25) is 11.8 Å². The highest BCUT2D eigenvalue weighted by molar-refractivity contribution is 5.97. The lowest BCUT2D eigenvalue weighted by Gasteiger charge is -2.37. The van der Waals surface area contributed by atoms with Crippen molar-refractivity contribution in [2.75, 3.05) is 7.05 Å². The van der Waals surface area contributed by atoms with Gasteiger partial charge in [0.25, 0.3) is 0 Å². The summed E-state index contributed by atoms with van der Waals surface area (Å²) in [6, 6.07) is 7.13. The molecule has 2 heterocycles. The second-order valence-electron chi connectivity index (χ2n) is 6.72. The van der Waals surface area contributed by atoms with Crippen molar-refractivity contribution in [3.8, 4) is 0 Å². The zero-order valence-electron chi connectivity index (χ0n) is 13.8. The summed E-state index contributed by atoms with van der Waals surface area (Å²) in [4.78, 5) is 29.8. The molecule has 0 saturated carbocycles. The molecule has 1 aromatic carbocycles. The maximum Gasteiger partial charge on any atom is 0.245 e. The average Bonchev–Trinajstić information content (AvgIpc) is 2.92. The van der Waals surface area contributed by atoms with E-state index in [0.29, 0.717) is 18.8 Å². The molecule has 0 aliphatic carbocycles. The second-order valence-corrected chi connectivity index (χ2v) is 6.72. The van der Waals surface area contributed by atoms with E-state index in [1.807, 2.05) is 30.5 Å². The Morgan fingerprint density at radius 2 is 1.96 bits per heavy atom. The van der Waals surface area contributed by atoms with Gasteiger partial charge >= 0.3 is 0 Å². The zero-order chi connectivity index (χ0) is 16.6. The minimum atomic E-state index is -0.491. The Hall–Kier alpha value is -2.30. The Morgan fingerprint density at radius 3 is 2.70 bits per heavy atom. The van der Waals surface area contributed by atoms with Gasteiger partial charge in [-0.05, 0) is 24.0 Å². The highest BCUT2D eigenvalue weighted by Gasteiger charge is 2.38. The van der Waals surface area contributed by atoms with Gasteiger partial charge in [0.1, 0.15) is 12.1 Å². The first kappa shape index (κ1) is 15.6. The number of carbonyl (C=O) groups is 2. The number of hydrogen-bond donors (Lipinski definition) is 2. The highest BCUT2D eigenvalue weighted by Crippen LogP contribution is 2.22. The third kappa shape index (κ3) is 2.96. The predicted octanol–water partition coefficient (Wildman–Crippen LogP) is 2.08. The number of aromatic nitrogens is 1. The largest absolute Gasteiger partial charge is 0.361 e. The van der Waals surface area contributed by atoms with Crippen LogP contribution in [0.25, 0.3) is 10.9 Å². The predicted molar refractivity (Wildman–Crippen MR) is 89.9 cm³/mol. The van der Waals surface area contributed by atoms with E-state index in [1.54, 1.807) is 11.9 Å². The number of piperazine rings is 1. The zero-order valence-corrected chi connectivity index (χ0v) is 13.8. The second kappa shape index (κ2) is 6.07. The Morgan fingerprint density at radius 1 is 1.22 bits per heavy atom. The molecule has 2 amide bonds. The van der Waals surface area contributed by atoms with E-state index in [9.17, 15) is 9.59 Å². The van der Waals surface area contributed by atoms with Crippen molar-refractivity contribution in [3.63, 3.8) is 0 Å². The van der Waals surface area contributed by atoms with Crippen LogP contribution in [-0.2, 0) is 16.0 Å². The maximum atomic E-state index is 12.6. The molecule has 1 saturated heterocycles. The number of para-hydroxylation sites is 1.